The van der Waals surface area contributed by atoms with Crippen LogP contribution >= 0.6 is 23.2 Å². The van der Waals surface area contributed by atoms with E-state index in [-0.39, 0.29) is 31.0 Å². The lowest BCUT2D eigenvalue weighted by molar-refractivity contribution is 0.311. The summed E-state index contributed by atoms with van der Waals surface area (Å²) in [4.78, 5) is 26.7. The summed E-state index contributed by atoms with van der Waals surface area (Å²) in [5.41, 5.74) is 16.7. The first-order chi connectivity index (χ1) is 21.8. The molecule has 1 unspecified atom stereocenters. The standard InChI is InChI=1S/C30H28Cl2N12O/c31-18-5-1-16(2-6-18)23-15-22(38-24-25(33)40-27(34)41-26(24)39-23)17-3-9-20(10-4-17)36-29-42-28(35-13-14-45)43-30(44-29)37-21-11-7-19(32)8-12-21/h1-12,23,45H,13-15H2,(H5,33,34,39,40,41)(H3,35,36,37,42,43,44). The largest absolute Gasteiger partial charge is 0.395 e. The molecule has 0 fully saturated rings. The second-order valence-corrected chi connectivity index (χ2v) is 10.8. The molecule has 15 heteroatoms. The van der Waals surface area contributed by atoms with Crippen molar-refractivity contribution in [2.75, 3.05) is 45.9 Å². The number of anilines is 8. The van der Waals surface area contributed by atoms with Crippen LogP contribution in [0, 0.1) is 0 Å². The van der Waals surface area contributed by atoms with E-state index in [9.17, 15) is 5.11 Å². The lowest BCUT2D eigenvalue weighted by Gasteiger charge is -2.19. The van der Waals surface area contributed by atoms with E-state index in [1.807, 2.05) is 60.7 Å². The fourth-order valence-electron chi connectivity index (χ4n) is 4.64. The number of rotatable bonds is 9. The normalized spacial score (nSPS) is 14.0. The first-order valence-corrected chi connectivity index (χ1v) is 14.6. The van der Waals surface area contributed by atoms with Crippen LogP contribution in [0.2, 0.25) is 10.0 Å². The fraction of sp³-hybridized carbons (Fsp3) is 0.133. The summed E-state index contributed by atoms with van der Waals surface area (Å²) in [6, 6.07) is 22.2. The molecule has 9 N–H and O–H groups in total. The number of aliphatic imine (C=N–C) groups is 1. The van der Waals surface area contributed by atoms with Gasteiger partial charge < -0.3 is 37.8 Å². The lowest BCUT2D eigenvalue weighted by atomic mass is 9.97. The van der Waals surface area contributed by atoms with E-state index in [4.69, 9.17) is 39.7 Å². The van der Waals surface area contributed by atoms with Gasteiger partial charge in [-0.1, -0.05) is 47.5 Å². The Labute approximate surface area is 268 Å². The zero-order valence-electron chi connectivity index (χ0n) is 23.7. The number of nitrogens with one attached hydrogen (secondary N) is 4. The van der Waals surface area contributed by atoms with Crippen molar-refractivity contribution < 1.29 is 5.11 Å². The predicted octanol–water partition coefficient (Wildman–Crippen LogP) is 5.70. The van der Waals surface area contributed by atoms with Crippen LogP contribution in [0.5, 0.6) is 0 Å². The topological polar surface area (TPSA) is 197 Å². The molecule has 1 atom stereocenters. The van der Waals surface area contributed by atoms with Gasteiger partial charge in [-0.25, -0.2) is 4.99 Å². The van der Waals surface area contributed by atoms with E-state index >= 15 is 0 Å². The van der Waals surface area contributed by atoms with Gasteiger partial charge >= 0.3 is 0 Å². The number of nitrogens with zero attached hydrogens (tertiary/aromatic N) is 6. The van der Waals surface area contributed by atoms with Gasteiger partial charge in [-0.15, -0.1) is 0 Å². The number of halogens is 2. The molecule has 0 amide bonds. The number of hydrogen-bond acceptors (Lipinski definition) is 13. The molecule has 5 aromatic rings. The first-order valence-electron chi connectivity index (χ1n) is 13.9. The maximum Gasteiger partial charge on any atom is 0.233 e. The second kappa shape index (κ2) is 13.2. The third kappa shape index (κ3) is 7.29. The Kier molecular flexibility index (Phi) is 8.73. The molecule has 2 aromatic heterocycles. The van der Waals surface area contributed by atoms with Gasteiger partial charge in [0.1, 0.15) is 5.69 Å². The van der Waals surface area contributed by atoms with Crippen molar-refractivity contribution >= 4 is 81.4 Å². The van der Waals surface area contributed by atoms with Crippen molar-refractivity contribution in [3.8, 4) is 0 Å². The van der Waals surface area contributed by atoms with Gasteiger partial charge in [0.2, 0.25) is 23.8 Å². The molecule has 6 rings (SSSR count). The van der Waals surface area contributed by atoms with Crippen molar-refractivity contribution in [1.82, 2.24) is 24.9 Å². The highest BCUT2D eigenvalue weighted by Crippen LogP contribution is 2.38. The molecule has 0 saturated carbocycles. The second-order valence-electron chi connectivity index (χ2n) is 9.97. The lowest BCUT2D eigenvalue weighted by Crippen LogP contribution is -2.15. The Morgan fingerprint density at radius 1 is 0.756 bits per heavy atom. The number of aromatic nitrogens is 5. The number of aliphatic hydroxyl groups is 1. The van der Waals surface area contributed by atoms with Crippen LogP contribution in [0.1, 0.15) is 23.6 Å². The summed E-state index contributed by atoms with van der Waals surface area (Å²) in [5, 5.41) is 23.3. The number of hydrogen-bond donors (Lipinski definition) is 7. The zero-order chi connectivity index (χ0) is 31.3. The molecular formula is C30H28Cl2N12O. The van der Waals surface area contributed by atoms with Crippen LogP contribution in [0.15, 0.2) is 77.8 Å². The summed E-state index contributed by atoms with van der Waals surface area (Å²) in [6.45, 7) is 0.196. The van der Waals surface area contributed by atoms with Gasteiger partial charge in [0.25, 0.3) is 0 Å². The predicted molar refractivity (Wildman–Crippen MR) is 179 cm³/mol. The maximum atomic E-state index is 9.27. The Balaban J connectivity index is 1.28. The van der Waals surface area contributed by atoms with Crippen LogP contribution in [0.3, 0.4) is 0 Å². The zero-order valence-corrected chi connectivity index (χ0v) is 25.2. The van der Waals surface area contributed by atoms with Crippen LogP contribution < -0.4 is 32.7 Å². The molecule has 13 nitrogen and oxygen atoms in total. The molecule has 45 heavy (non-hydrogen) atoms. The molecule has 0 spiro atoms. The summed E-state index contributed by atoms with van der Waals surface area (Å²) in [7, 11) is 0. The van der Waals surface area contributed by atoms with E-state index in [1.54, 1.807) is 12.1 Å². The average molecular weight is 644 g/mol. The highest BCUT2D eigenvalue weighted by molar-refractivity contribution is 6.30. The highest BCUT2D eigenvalue weighted by Gasteiger charge is 2.24. The number of nitrogen functional groups attached to an aromatic ring is 2. The van der Waals surface area contributed by atoms with Crippen molar-refractivity contribution in [2.24, 2.45) is 4.99 Å². The molecule has 3 heterocycles. The van der Waals surface area contributed by atoms with Crippen LogP contribution in [0.4, 0.5) is 52.5 Å². The molecule has 228 valence electrons. The summed E-state index contributed by atoms with van der Waals surface area (Å²) in [6.07, 6.45) is 0.525. The van der Waals surface area contributed by atoms with Gasteiger partial charge in [-0.05, 0) is 59.7 Å². The Bertz CT molecular complexity index is 1830. The van der Waals surface area contributed by atoms with E-state index in [1.165, 1.54) is 0 Å². The van der Waals surface area contributed by atoms with Gasteiger partial charge in [0, 0.05) is 34.4 Å². The Morgan fingerprint density at radius 3 is 1.96 bits per heavy atom. The molecule has 1 aliphatic heterocycles. The third-order valence-corrected chi connectivity index (χ3v) is 7.26. The third-order valence-electron chi connectivity index (χ3n) is 6.76. The maximum absolute atomic E-state index is 9.27. The van der Waals surface area contributed by atoms with Crippen LogP contribution in [-0.2, 0) is 0 Å². The summed E-state index contributed by atoms with van der Waals surface area (Å²) in [5.74, 6) is 1.59. The molecule has 1 aliphatic rings. The SMILES string of the molecule is Nc1nc(N)c2c(n1)NC(c1ccc(Cl)cc1)CC(c1ccc(Nc3nc(NCCO)nc(Nc4ccc(Cl)cc4)n3)cc1)=N2. The Morgan fingerprint density at radius 2 is 1.33 bits per heavy atom. The summed E-state index contributed by atoms with van der Waals surface area (Å²) >= 11 is 12.2. The van der Waals surface area contributed by atoms with Gasteiger partial charge in [-0.3, -0.25) is 0 Å². The minimum atomic E-state index is -0.185. The quantitative estimate of drug-likeness (QED) is 0.104. The number of benzene rings is 3. The number of nitrogens with two attached hydrogens (primary N) is 2. The highest BCUT2D eigenvalue weighted by atomic mass is 35.5. The van der Waals surface area contributed by atoms with Gasteiger partial charge in [0.15, 0.2) is 11.6 Å². The molecule has 0 radical (unpaired) electrons. The van der Waals surface area contributed by atoms with Crippen molar-refractivity contribution in [1.29, 1.82) is 0 Å². The average Bonchev–Trinajstić information content (AvgIpc) is 3.22. The first kappa shape index (κ1) is 29.8. The number of fused-ring (bicyclic) bond motifs is 1. The van der Waals surface area contributed by atoms with E-state index in [0.29, 0.717) is 45.8 Å². The fourth-order valence-corrected chi connectivity index (χ4v) is 4.89. The van der Waals surface area contributed by atoms with Crippen molar-refractivity contribution in [3.63, 3.8) is 0 Å². The van der Waals surface area contributed by atoms with Crippen molar-refractivity contribution in [2.45, 2.75) is 12.5 Å². The van der Waals surface area contributed by atoms with Gasteiger partial charge in [-0.2, -0.15) is 24.9 Å². The van der Waals surface area contributed by atoms with E-state index in [0.717, 1.165) is 28.2 Å². The summed E-state index contributed by atoms with van der Waals surface area (Å²) < 4.78 is 0. The minimum absolute atomic E-state index is 0.0576. The van der Waals surface area contributed by atoms with E-state index in [2.05, 4.69) is 46.2 Å². The smallest absolute Gasteiger partial charge is 0.233 e. The van der Waals surface area contributed by atoms with Crippen LogP contribution in [-0.4, -0.2) is 48.9 Å². The molecular weight excluding hydrogens is 615 g/mol. The van der Waals surface area contributed by atoms with Gasteiger partial charge in [0.05, 0.1) is 18.4 Å². The van der Waals surface area contributed by atoms with Crippen LogP contribution in [0.25, 0.3) is 0 Å². The number of aliphatic hydroxyl groups excluding tert-OH is 1. The van der Waals surface area contributed by atoms with Crippen molar-refractivity contribution in [3.05, 3.63) is 94.0 Å². The molecule has 0 bridgehead atoms. The van der Waals surface area contributed by atoms with E-state index < -0.39 is 0 Å². The Hall–Kier alpha value is -5.24. The minimum Gasteiger partial charge on any atom is -0.395 e. The molecule has 0 saturated heterocycles. The molecule has 0 aliphatic carbocycles. The monoisotopic (exact) mass is 642 g/mol. The molecule has 3 aromatic carbocycles.